The van der Waals surface area contributed by atoms with E-state index in [1.54, 1.807) is 0 Å². The van der Waals surface area contributed by atoms with Crippen molar-refractivity contribution in [1.29, 1.82) is 0 Å². The Morgan fingerprint density at radius 3 is 1.74 bits per heavy atom. The lowest BCUT2D eigenvalue weighted by atomic mass is 10.0. The van der Waals surface area contributed by atoms with Crippen LogP contribution in [0.15, 0.2) is 54.7 Å². The number of ether oxygens (including phenoxy) is 1. The molecule has 0 radical (unpaired) electrons. The summed E-state index contributed by atoms with van der Waals surface area (Å²) in [5, 5.41) is 2.63. The van der Waals surface area contributed by atoms with Gasteiger partial charge in [-0.05, 0) is 24.3 Å². The van der Waals surface area contributed by atoms with Gasteiger partial charge in [0, 0.05) is 17.3 Å². The molecule has 0 saturated carbocycles. The monoisotopic (exact) mass is 387 g/mol. The Hall–Kier alpha value is -2.97. The van der Waals surface area contributed by atoms with Crippen LogP contribution in [0.3, 0.4) is 0 Å². The lowest BCUT2D eigenvalue weighted by Gasteiger charge is -2.25. The highest BCUT2D eigenvalue weighted by atomic mass is 19.4. The zero-order chi connectivity index (χ0) is 19.9. The van der Waals surface area contributed by atoms with Crippen LogP contribution in [0.25, 0.3) is 5.76 Å². The summed E-state index contributed by atoms with van der Waals surface area (Å²) in [6, 6.07) is 7.86. The third kappa shape index (κ3) is 3.62. The number of hydrogen-bond donors (Lipinski definition) is 1. The summed E-state index contributed by atoms with van der Waals surface area (Å²) in [6.07, 6.45) is -7.38. The van der Waals surface area contributed by atoms with Crippen molar-refractivity contribution in [2.45, 2.75) is 18.1 Å². The second-order valence-corrected chi connectivity index (χ2v) is 5.76. The number of carbonyl (C=O) groups excluding carboxylic acids is 1. The number of rotatable bonds is 3. The smallest absolute Gasteiger partial charge is 0.416 e. The minimum atomic E-state index is -4.53. The minimum Gasteiger partial charge on any atom is -0.455 e. The van der Waals surface area contributed by atoms with E-state index in [9.17, 15) is 31.1 Å². The van der Waals surface area contributed by atoms with Gasteiger partial charge >= 0.3 is 12.4 Å². The molecule has 0 aliphatic carbocycles. The van der Waals surface area contributed by atoms with Gasteiger partial charge in [-0.25, -0.2) is 0 Å². The number of hydrogen-bond acceptors (Lipinski definition) is 3. The van der Waals surface area contributed by atoms with Crippen LogP contribution in [-0.4, -0.2) is 6.29 Å². The molecule has 1 aliphatic rings. The van der Waals surface area contributed by atoms with Gasteiger partial charge in [0.1, 0.15) is 5.76 Å². The summed E-state index contributed by atoms with van der Waals surface area (Å²) in [5.41, 5.74) is -3.11. The van der Waals surface area contributed by atoms with Gasteiger partial charge in [-0.15, -0.1) is 0 Å². The second kappa shape index (κ2) is 6.33. The maximum absolute atomic E-state index is 12.7. The quantitative estimate of drug-likeness (QED) is 0.613. The highest BCUT2D eigenvalue weighted by Gasteiger charge is 2.40. The SMILES string of the molecule is O=CC1(c2ccc(C(F)(F)F)cc2)NC=C(c2ccc(C(F)(F)F)cc2)O1. The normalized spacial score (nSPS) is 19.9. The molecule has 0 saturated heterocycles. The molecule has 0 fully saturated rings. The summed E-state index contributed by atoms with van der Waals surface area (Å²) in [4.78, 5) is 11.6. The van der Waals surface area contributed by atoms with E-state index in [-0.39, 0.29) is 16.9 Å². The van der Waals surface area contributed by atoms with Crippen LogP contribution in [0, 0.1) is 0 Å². The molecule has 0 spiro atoms. The molecule has 0 amide bonds. The van der Waals surface area contributed by atoms with E-state index in [2.05, 4.69) is 5.32 Å². The number of benzene rings is 2. The van der Waals surface area contributed by atoms with Crippen molar-refractivity contribution in [3.05, 3.63) is 77.0 Å². The Labute approximate surface area is 149 Å². The van der Waals surface area contributed by atoms with E-state index in [1.165, 1.54) is 18.3 Å². The molecule has 0 aromatic heterocycles. The van der Waals surface area contributed by atoms with Crippen molar-refractivity contribution in [3.63, 3.8) is 0 Å². The van der Waals surface area contributed by atoms with Crippen molar-refractivity contribution >= 4 is 12.0 Å². The Balaban J connectivity index is 1.84. The highest BCUT2D eigenvalue weighted by molar-refractivity contribution is 5.73. The van der Waals surface area contributed by atoms with Gasteiger partial charge in [0.15, 0.2) is 6.29 Å². The first-order valence-electron chi connectivity index (χ1n) is 7.54. The fraction of sp³-hybridized carbons (Fsp3) is 0.167. The Kier molecular flexibility index (Phi) is 4.41. The van der Waals surface area contributed by atoms with Gasteiger partial charge in [-0.3, -0.25) is 4.79 Å². The maximum Gasteiger partial charge on any atom is 0.416 e. The van der Waals surface area contributed by atoms with E-state index in [0.717, 1.165) is 36.4 Å². The zero-order valence-electron chi connectivity index (χ0n) is 13.4. The fourth-order valence-electron chi connectivity index (χ4n) is 2.55. The van der Waals surface area contributed by atoms with E-state index >= 15 is 0 Å². The first-order chi connectivity index (χ1) is 12.5. The second-order valence-electron chi connectivity index (χ2n) is 5.76. The number of halogens is 6. The van der Waals surface area contributed by atoms with Gasteiger partial charge in [0.25, 0.3) is 5.72 Å². The number of aldehydes is 1. The van der Waals surface area contributed by atoms with Crippen molar-refractivity contribution < 1.29 is 35.9 Å². The van der Waals surface area contributed by atoms with Crippen molar-refractivity contribution in [3.8, 4) is 0 Å². The summed E-state index contributed by atoms with van der Waals surface area (Å²) >= 11 is 0. The van der Waals surface area contributed by atoms with Gasteiger partial charge in [0.2, 0.25) is 0 Å². The molecule has 2 aromatic rings. The van der Waals surface area contributed by atoms with Crippen molar-refractivity contribution in [1.82, 2.24) is 5.32 Å². The average molecular weight is 387 g/mol. The molecule has 3 rings (SSSR count). The topological polar surface area (TPSA) is 38.3 Å². The number of nitrogens with one attached hydrogen (secondary N) is 1. The fourth-order valence-corrected chi connectivity index (χ4v) is 2.55. The molecule has 1 atom stereocenters. The lowest BCUT2D eigenvalue weighted by Crippen LogP contribution is -2.39. The van der Waals surface area contributed by atoms with E-state index in [4.69, 9.17) is 4.74 Å². The van der Waals surface area contributed by atoms with E-state index in [0.29, 0.717) is 6.29 Å². The van der Waals surface area contributed by atoms with E-state index in [1.807, 2.05) is 0 Å². The predicted molar refractivity (Wildman–Crippen MR) is 82.8 cm³/mol. The first-order valence-corrected chi connectivity index (χ1v) is 7.54. The maximum atomic E-state index is 12.7. The number of alkyl halides is 6. The van der Waals surface area contributed by atoms with Crippen LogP contribution in [0.1, 0.15) is 22.3 Å². The molecule has 2 aromatic carbocycles. The predicted octanol–water partition coefficient (Wildman–Crippen LogP) is 4.69. The highest BCUT2D eigenvalue weighted by Crippen LogP contribution is 2.36. The van der Waals surface area contributed by atoms with Crippen LogP contribution in [0.2, 0.25) is 0 Å². The van der Waals surface area contributed by atoms with Crippen LogP contribution >= 0.6 is 0 Å². The third-order valence-corrected chi connectivity index (χ3v) is 3.99. The Bertz CT molecular complexity index is 869. The number of carbonyl (C=O) groups is 1. The van der Waals surface area contributed by atoms with Crippen molar-refractivity contribution in [2.75, 3.05) is 0 Å². The van der Waals surface area contributed by atoms with Crippen molar-refractivity contribution in [2.24, 2.45) is 0 Å². The zero-order valence-corrected chi connectivity index (χ0v) is 13.4. The van der Waals surface area contributed by atoms with Crippen LogP contribution in [0.4, 0.5) is 26.3 Å². The molecular weight excluding hydrogens is 376 g/mol. The molecule has 142 valence electrons. The lowest BCUT2D eigenvalue weighted by molar-refractivity contribution is -0.138. The Morgan fingerprint density at radius 2 is 1.30 bits per heavy atom. The summed E-state index contributed by atoms with van der Waals surface area (Å²) in [6.45, 7) is 0. The van der Waals surface area contributed by atoms with Crippen LogP contribution in [-0.2, 0) is 27.6 Å². The van der Waals surface area contributed by atoms with E-state index < -0.39 is 29.2 Å². The molecule has 1 unspecified atom stereocenters. The summed E-state index contributed by atoms with van der Waals surface area (Å²) < 4.78 is 81.4. The first kappa shape index (κ1) is 18.8. The van der Waals surface area contributed by atoms with Crippen LogP contribution in [0.5, 0.6) is 0 Å². The molecule has 27 heavy (non-hydrogen) atoms. The average Bonchev–Trinajstić information content (AvgIpc) is 3.06. The molecular formula is C18H11F6NO2. The standard InChI is InChI=1S/C18H11F6NO2/c19-17(20,21)13-3-1-11(2-4-13)15-9-25-16(10-26,27-15)12-5-7-14(8-6-12)18(22,23)24/h1-10,25H. The molecule has 9 heteroatoms. The Morgan fingerprint density at radius 1 is 0.815 bits per heavy atom. The minimum absolute atomic E-state index is 0.0794. The third-order valence-electron chi connectivity index (χ3n) is 3.99. The summed E-state index contributed by atoms with van der Waals surface area (Å²) in [5.74, 6) is 0.0794. The molecule has 0 bridgehead atoms. The van der Waals surface area contributed by atoms with Gasteiger partial charge in [-0.2, -0.15) is 26.3 Å². The molecule has 1 aliphatic heterocycles. The largest absolute Gasteiger partial charge is 0.455 e. The summed E-state index contributed by atoms with van der Waals surface area (Å²) in [7, 11) is 0. The van der Waals surface area contributed by atoms with Gasteiger partial charge < -0.3 is 10.1 Å². The van der Waals surface area contributed by atoms with Crippen LogP contribution < -0.4 is 5.32 Å². The molecule has 3 nitrogen and oxygen atoms in total. The molecule has 1 heterocycles. The molecule has 1 N–H and O–H groups in total. The van der Waals surface area contributed by atoms with Gasteiger partial charge in [-0.1, -0.05) is 24.3 Å². The van der Waals surface area contributed by atoms with Gasteiger partial charge in [0.05, 0.1) is 11.1 Å².